The van der Waals surface area contributed by atoms with Crippen molar-refractivity contribution in [1.82, 2.24) is 5.32 Å². The first kappa shape index (κ1) is 19.4. The molecule has 2 aromatic rings. The Balaban J connectivity index is 2.24. The summed E-state index contributed by atoms with van der Waals surface area (Å²) in [4.78, 5) is 12.7. The van der Waals surface area contributed by atoms with E-state index in [-0.39, 0.29) is 11.9 Å². The minimum absolute atomic E-state index is 0.171. The molecule has 26 heavy (non-hydrogen) atoms. The van der Waals surface area contributed by atoms with E-state index in [9.17, 15) is 4.79 Å². The van der Waals surface area contributed by atoms with Crippen LogP contribution in [0.1, 0.15) is 34.5 Å². The van der Waals surface area contributed by atoms with Crippen LogP contribution in [-0.4, -0.2) is 27.2 Å². The van der Waals surface area contributed by atoms with Crippen LogP contribution in [0.2, 0.25) is 0 Å². The number of benzene rings is 2. The Morgan fingerprint density at radius 3 is 2.38 bits per heavy atom. The van der Waals surface area contributed by atoms with E-state index in [2.05, 4.69) is 11.9 Å². The standard InChI is InChI=1S/C21H25NO4/c1-6-7-15-12-16(8-10-19(15)25-4)21(23)22-14(2)18-13-17(24-3)9-11-20(18)26-5/h6,8-14H,1,7H2,2-5H3,(H,22,23)/t14-/m1/s1. The van der Waals surface area contributed by atoms with Crippen molar-refractivity contribution >= 4 is 5.91 Å². The maximum atomic E-state index is 12.7. The van der Waals surface area contributed by atoms with Crippen LogP contribution >= 0.6 is 0 Å². The van der Waals surface area contributed by atoms with Crippen LogP contribution in [0.5, 0.6) is 17.2 Å². The summed E-state index contributed by atoms with van der Waals surface area (Å²) in [6.07, 6.45) is 2.41. The number of carbonyl (C=O) groups excluding carboxylic acids is 1. The molecule has 0 unspecified atom stereocenters. The minimum Gasteiger partial charge on any atom is -0.497 e. The van der Waals surface area contributed by atoms with Gasteiger partial charge >= 0.3 is 0 Å². The first-order chi connectivity index (χ1) is 12.5. The van der Waals surface area contributed by atoms with Gasteiger partial charge in [0.15, 0.2) is 0 Å². The highest BCUT2D eigenvalue weighted by atomic mass is 16.5. The number of nitrogens with one attached hydrogen (secondary N) is 1. The Kier molecular flexibility index (Phi) is 6.67. The Morgan fingerprint density at radius 1 is 1.08 bits per heavy atom. The molecule has 0 aliphatic carbocycles. The fourth-order valence-electron chi connectivity index (χ4n) is 2.77. The van der Waals surface area contributed by atoms with Crippen molar-refractivity contribution in [3.8, 4) is 17.2 Å². The second-order valence-corrected chi connectivity index (χ2v) is 5.82. The molecule has 0 fully saturated rings. The topological polar surface area (TPSA) is 56.8 Å². The van der Waals surface area contributed by atoms with Crippen LogP contribution in [0.4, 0.5) is 0 Å². The molecule has 0 heterocycles. The summed E-state index contributed by atoms with van der Waals surface area (Å²) in [5.74, 6) is 1.97. The number of rotatable bonds is 8. The van der Waals surface area contributed by atoms with Gasteiger partial charge in [-0.15, -0.1) is 6.58 Å². The molecular formula is C21H25NO4. The van der Waals surface area contributed by atoms with Gasteiger partial charge in [-0.1, -0.05) is 6.08 Å². The number of methoxy groups -OCH3 is 3. The zero-order valence-corrected chi connectivity index (χ0v) is 15.7. The molecule has 1 N–H and O–H groups in total. The molecule has 0 aromatic heterocycles. The first-order valence-electron chi connectivity index (χ1n) is 8.34. The molecule has 2 rings (SSSR count). The van der Waals surface area contributed by atoms with Gasteiger partial charge in [-0.2, -0.15) is 0 Å². The van der Waals surface area contributed by atoms with Gasteiger partial charge in [0, 0.05) is 11.1 Å². The molecule has 0 bridgehead atoms. The first-order valence-corrected chi connectivity index (χ1v) is 8.34. The van der Waals surface area contributed by atoms with E-state index in [1.165, 1.54) is 0 Å². The van der Waals surface area contributed by atoms with Crippen molar-refractivity contribution in [3.05, 3.63) is 65.7 Å². The zero-order valence-electron chi connectivity index (χ0n) is 15.7. The van der Waals surface area contributed by atoms with Crippen LogP contribution in [-0.2, 0) is 6.42 Å². The monoisotopic (exact) mass is 355 g/mol. The second kappa shape index (κ2) is 8.94. The van der Waals surface area contributed by atoms with Crippen molar-refractivity contribution in [3.63, 3.8) is 0 Å². The summed E-state index contributed by atoms with van der Waals surface area (Å²) < 4.78 is 16.0. The quantitative estimate of drug-likeness (QED) is 0.729. The van der Waals surface area contributed by atoms with Gasteiger partial charge in [0.25, 0.3) is 5.91 Å². The average molecular weight is 355 g/mol. The lowest BCUT2D eigenvalue weighted by atomic mass is 10.0. The zero-order chi connectivity index (χ0) is 19.1. The third-order valence-electron chi connectivity index (χ3n) is 4.16. The maximum absolute atomic E-state index is 12.7. The molecular weight excluding hydrogens is 330 g/mol. The normalized spacial score (nSPS) is 11.4. The Labute approximate surface area is 154 Å². The molecule has 0 saturated carbocycles. The van der Waals surface area contributed by atoms with Gasteiger partial charge in [-0.05, 0) is 55.3 Å². The summed E-state index contributed by atoms with van der Waals surface area (Å²) in [7, 11) is 4.82. The van der Waals surface area contributed by atoms with Crippen molar-refractivity contribution < 1.29 is 19.0 Å². The fourth-order valence-corrected chi connectivity index (χ4v) is 2.77. The molecule has 5 heteroatoms. The van der Waals surface area contributed by atoms with Gasteiger partial charge in [-0.3, -0.25) is 4.79 Å². The smallest absolute Gasteiger partial charge is 0.251 e. The molecule has 0 aliphatic heterocycles. The third kappa shape index (κ3) is 4.36. The summed E-state index contributed by atoms with van der Waals surface area (Å²) in [5.41, 5.74) is 2.33. The number of hydrogen-bond acceptors (Lipinski definition) is 4. The average Bonchev–Trinajstić information content (AvgIpc) is 2.67. The van der Waals surface area contributed by atoms with E-state index in [4.69, 9.17) is 14.2 Å². The summed E-state index contributed by atoms with van der Waals surface area (Å²) >= 11 is 0. The molecule has 0 spiro atoms. The lowest BCUT2D eigenvalue weighted by Crippen LogP contribution is -2.27. The summed E-state index contributed by atoms with van der Waals surface area (Å²) in [6, 6.07) is 10.6. The molecule has 0 radical (unpaired) electrons. The van der Waals surface area contributed by atoms with Crippen molar-refractivity contribution in [2.75, 3.05) is 21.3 Å². The van der Waals surface area contributed by atoms with E-state index < -0.39 is 0 Å². The predicted molar refractivity (Wildman–Crippen MR) is 102 cm³/mol. The Morgan fingerprint density at radius 2 is 1.77 bits per heavy atom. The minimum atomic E-state index is -0.252. The molecule has 138 valence electrons. The van der Waals surface area contributed by atoms with E-state index in [0.717, 1.165) is 16.9 Å². The number of hydrogen-bond donors (Lipinski definition) is 1. The number of carbonyl (C=O) groups is 1. The van der Waals surface area contributed by atoms with Crippen LogP contribution in [0, 0.1) is 0 Å². The van der Waals surface area contributed by atoms with Gasteiger partial charge in [0.1, 0.15) is 17.2 Å². The fraction of sp³-hybridized carbons (Fsp3) is 0.286. The molecule has 5 nitrogen and oxygen atoms in total. The predicted octanol–water partition coefficient (Wildman–Crippen LogP) is 3.93. The molecule has 2 aromatic carbocycles. The number of allylic oxidation sites excluding steroid dienone is 1. The van der Waals surface area contributed by atoms with Gasteiger partial charge < -0.3 is 19.5 Å². The van der Waals surface area contributed by atoms with Crippen LogP contribution in [0.15, 0.2) is 49.1 Å². The number of ether oxygens (including phenoxy) is 3. The molecule has 0 aliphatic rings. The molecule has 1 amide bonds. The summed E-state index contributed by atoms with van der Waals surface area (Å²) in [6.45, 7) is 5.65. The maximum Gasteiger partial charge on any atom is 0.251 e. The van der Waals surface area contributed by atoms with E-state index in [1.807, 2.05) is 31.2 Å². The highest BCUT2D eigenvalue weighted by molar-refractivity contribution is 5.95. The van der Waals surface area contributed by atoms with Crippen LogP contribution in [0.3, 0.4) is 0 Å². The SMILES string of the molecule is C=CCc1cc(C(=O)N[C@H](C)c2cc(OC)ccc2OC)ccc1OC. The van der Waals surface area contributed by atoms with Gasteiger partial charge in [0.05, 0.1) is 27.4 Å². The van der Waals surface area contributed by atoms with Crippen molar-refractivity contribution in [2.45, 2.75) is 19.4 Å². The summed E-state index contributed by atoms with van der Waals surface area (Å²) in [5, 5.41) is 3.00. The van der Waals surface area contributed by atoms with Gasteiger partial charge in [0.2, 0.25) is 0 Å². The van der Waals surface area contributed by atoms with E-state index >= 15 is 0 Å². The largest absolute Gasteiger partial charge is 0.497 e. The van der Waals surface area contributed by atoms with Crippen LogP contribution < -0.4 is 19.5 Å². The third-order valence-corrected chi connectivity index (χ3v) is 4.16. The van der Waals surface area contributed by atoms with E-state index in [1.54, 1.807) is 39.5 Å². The Bertz CT molecular complexity index is 786. The van der Waals surface area contributed by atoms with Crippen molar-refractivity contribution in [2.24, 2.45) is 0 Å². The van der Waals surface area contributed by atoms with Crippen LogP contribution in [0.25, 0.3) is 0 Å². The molecule has 0 saturated heterocycles. The molecule has 1 atom stereocenters. The lowest BCUT2D eigenvalue weighted by molar-refractivity contribution is 0.0939. The highest BCUT2D eigenvalue weighted by Gasteiger charge is 2.17. The lowest BCUT2D eigenvalue weighted by Gasteiger charge is -2.19. The van der Waals surface area contributed by atoms with Crippen molar-refractivity contribution in [1.29, 1.82) is 0 Å². The van der Waals surface area contributed by atoms with Gasteiger partial charge in [-0.25, -0.2) is 0 Å². The highest BCUT2D eigenvalue weighted by Crippen LogP contribution is 2.29. The Hall–Kier alpha value is -2.95. The van der Waals surface area contributed by atoms with E-state index in [0.29, 0.717) is 23.5 Å². The second-order valence-electron chi connectivity index (χ2n) is 5.82. The number of amides is 1.